The Kier molecular flexibility index (Phi) is 5.13. The molecule has 2 heterocycles. The van der Waals surface area contributed by atoms with Gasteiger partial charge in [-0.3, -0.25) is 14.4 Å². The number of amides is 3. The summed E-state index contributed by atoms with van der Waals surface area (Å²) in [5.74, 6) is 0.0582. The molecule has 1 saturated heterocycles. The van der Waals surface area contributed by atoms with Crippen LogP contribution in [0.4, 0.5) is 0 Å². The number of benzene rings is 1. The Balaban J connectivity index is 1.69. The molecule has 0 aromatic heterocycles. The Morgan fingerprint density at radius 3 is 2.78 bits per heavy atom. The quantitative estimate of drug-likeness (QED) is 0.843. The Labute approximate surface area is 159 Å². The Morgan fingerprint density at radius 1 is 1.30 bits per heavy atom. The lowest BCUT2D eigenvalue weighted by atomic mass is 10.0. The molecule has 1 aromatic carbocycles. The number of carbonyl (C=O) groups is 3. The number of nitrogens with zero attached hydrogens (tertiary/aromatic N) is 1. The lowest BCUT2D eigenvalue weighted by Gasteiger charge is -2.38. The summed E-state index contributed by atoms with van der Waals surface area (Å²) in [4.78, 5) is 38.8. The van der Waals surface area contributed by atoms with Crippen molar-refractivity contribution in [2.45, 2.75) is 57.7 Å². The van der Waals surface area contributed by atoms with Crippen LogP contribution in [0.15, 0.2) is 24.3 Å². The Morgan fingerprint density at radius 2 is 2.04 bits per heavy atom. The molecule has 0 unspecified atom stereocenters. The molecule has 1 spiro atoms. The van der Waals surface area contributed by atoms with Crippen LogP contribution in [0.1, 0.15) is 56.8 Å². The van der Waals surface area contributed by atoms with Crippen molar-refractivity contribution < 1.29 is 19.1 Å². The minimum Gasteiger partial charge on any atom is -0.467 e. The second kappa shape index (κ2) is 7.21. The van der Waals surface area contributed by atoms with E-state index in [0.29, 0.717) is 30.7 Å². The number of nitrogens with one attached hydrogen (secondary N) is 2. The topological polar surface area (TPSA) is 87.7 Å². The molecule has 2 aliphatic rings. The lowest BCUT2D eigenvalue weighted by molar-refractivity contribution is -0.136. The molecule has 2 aliphatic heterocycles. The van der Waals surface area contributed by atoms with Crippen molar-refractivity contribution in [2.75, 3.05) is 13.1 Å². The van der Waals surface area contributed by atoms with Crippen LogP contribution in [0.5, 0.6) is 5.75 Å². The molecule has 3 amide bonds. The van der Waals surface area contributed by atoms with Gasteiger partial charge in [0.25, 0.3) is 5.91 Å². The minimum absolute atomic E-state index is 0.0167. The van der Waals surface area contributed by atoms with Crippen LogP contribution in [0.25, 0.3) is 0 Å². The number of rotatable bonds is 4. The zero-order valence-electron chi connectivity index (χ0n) is 16.1. The number of hydrogen-bond donors (Lipinski definition) is 2. The molecular formula is C20H27N3O4. The zero-order valence-corrected chi connectivity index (χ0v) is 16.1. The monoisotopic (exact) mass is 373 g/mol. The predicted octanol–water partition coefficient (Wildman–Crippen LogP) is 1.82. The minimum atomic E-state index is -0.908. The van der Waals surface area contributed by atoms with E-state index in [1.165, 1.54) is 0 Å². The summed E-state index contributed by atoms with van der Waals surface area (Å²) in [7, 11) is 0. The summed E-state index contributed by atoms with van der Waals surface area (Å²) in [6, 6.07) is 7.08. The summed E-state index contributed by atoms with van der Waals surface area (Å²) in [6.07, 6.45) is 1.83. The SMILES string of the molecule is CCC(C)(C)NC(=O)CN1CC[C@]2(CCC1=O)NC(=O)c1ccccc1O2. The van der Waals surface area contributed by atoms with E-state index in [1.807, 2.05) is 26.8 Å². The first-order valence-corrected chi connectivity index (χ1v) is 9.43. The van der Waals surface area contributed by atoms with Gasteiger partial charge in [-0.1, -0.05) is 19.1 Å². The molecule has 1 fully saturated rings. The lowest BCUT2D eigenvalue weighted by Crippen LogP contribution is -2.56. The smallest absolute Gasteiger partial charge is 0.258 e. The third kappa shape index (κ3) is 4.23. The van der Waals surface area contributed by atoms with Crippen molar-refractivity contribution in [1.82, 2.24) is 15.5 Å². The fraction of sp³-hybridized carbons (Fsp3) is 0.550. The van der Waals surface area contributed by atoms with Crippen molar-refractivity contribution in [1.29, 1.82) is 0 Å². The first-order valence-electron chi connectivity index (χ1n) is 9.43. The van der Waals surface area contributed by atoms with Crippen molar-refractivity contribution >= 4 is 17.7 Å². The summed E-state index contributed by atoms with van der Waals surface area (Å²) < 4.78 is 6.10. The van der Waals surface area contributed by atoms with Gasteiger partial charge in [0.2, 0.25) is 11.8 Å². The number of ether oxygens (including phenoxy) is 1. The van der Waals surface area contributed by atoms with E-state index in [2.05, 4.69) is 10.6 Å². The molecular weight excluding hydrogens is 346 g/mol. The van der Waals surface area contributed by atoms with Crippen LogP contribution < -0.4 is 15.4 Å². The van der Waals surface area contributed by atoms with E-state index in [1.54, 1.807) is 23.1 Å². The van der Waals surface area contributed by atoms with Crippen molar-refractivity contribution in [3.63, 3.8) is 0 Å². The van der Waals surface area contributed by atoms with E-state index < -0.39 is 5.72 Å². The van der Waals surface area contributed by atoms with Crippen LogP contribution in [-0.4, -0.2) is 47.0 Å². The maximum atomic E-state index is 12.5. The highest BCUT2D eigenvalue weighted by atomic mass is 16.5. The van der Waals surface area contributed by atoms with E-state index in [4.69, 9.17) is 4.74 Å². The largest absolute Gasteiger partial charge is 0.467 e. The standard InChI is InChI=1S/C20H27N3O4/c1-4-19(2,3)21-16(24)13-23-12-11-20(10-9-17(23)25)22-18(26)14-7-5-6-8-15(14)27-20/h5-8H,4,9-13H2,1-3H3,(H,21,24)(H,22,26)/t20-/m1/s1. The Hall–Kier alpha value is -2.57. The van der Waals surface area contributed by atoms with Crippen molar-refractivity contribution in [3.8, 4) is 5.75 Å². The van der Waals surface area contributed by atoms with Crippen LogP contribution in [0, 0.1) is 0 Å². The number of fused-ring (bicyclic) bond motifs is 1. The zero-order chi connectivity index (χ0) is 19.7. The molecule has 0 radical (unpaired) electrons. The van der Waals surface area contributed by atoms with Crippen molar-refractivity contribution in [3.05, 3.63) is 29.8 Å². The maximum Gasteiger partial charge on any atom is 0.258 e. The molecule has 146 valence electrons. The molecule has 1 atom stereocenters. The van der Waals surface area contributed by atoms with Crippen LogP contribution >= 0.6 is 0 Å². The van der Waals surface area contributed by atoms with Gasteiger partial charge in [0.05, 0.1) is 12.1 Å². The molecule has 27 heavy (non-hydrogen) atoms. The second-order valence-corrected chi connectivity index (χ2v) is 7.90. The predicted molar refractivity (Wildman–Crippen MR) is 100 cm³/mol. The van der Waals surface area contributed by atoms with Crippen LogP contribution in [0.2, 0.25) is 0 Å². The van der Waals surface area contributed by atoms with Crippen LogP contribution in [0.3, 0.4) is 0 Å². The molecule has 2 N–H and O–H groups in total. The van der Waals surface area contributed by atoms with Crippen LogP contribution in [-0.2, 0) is 9.59 Å². The molecule has 7 heteroatoms. The first-order chi connectivity index (χ1) is 12.7. The molecule has 0 bridgehead atoms. The normalized spacial score (nSPS) is 22.6. The van der Waals surface area contributed by atoms with E-state index in [9.17, 15) is 14.4 Å². The van der Waals surface area contributed by atoms with E-state index in [0.717, 1.165) is 6.42 Å². The van der Waals surface area contributed by atoms with E-state index >= 15 is 0 Å². The van der Waals surface area contributed by atoms with Gasteiger partial charge in [0.1, 0.15) is 5.75 Å². The van der Waals surface area contributed by atoms with Gasteiger partial charge in [-0.2, -0.15) is 0 Å². The summed E-state index contributed by atoms with van der Waals surface area (Å²) in [5, 5.41) is 5.88. The van der Waals surface area contributed by atoms with E-state index in [-0.39, 0.29) is 36.2 Å². The number of carbonyl (C=O) groups excluding carboxylic acids is 3. The fourth-order valence-electron chi connectivity index (χ4n) is 3.36. The highest BCUT2D eigenvalue weighted by Gasteiger charge is 2.42. The molecule has 3 rings (SSSR count). The average molecular weight is 373 g/mol. The molecule has 0 aliphatic carbocycles. The summed E-state index contributed by atoms with van der Waals surface area (Å²) >= 11 is 0. The van der Waals surface area contributed by atoms with Gasteiger partial charge in [-0.05, 0) is 32.4 Å². The third-order valence-electron chi connectivity index (χ3n) is 5.36. The average Bonchev–Trinajstić information content (AvgIpc) is 2.76. The highest BCUT2D eigenvalue weighted by Crippen LogP contribution is 2.33. The van der Waals surface area contributed by atoms with Crippen molar-refractivity contribution in [2.24, 2.45) is 0 Å². The highest BCUT2D eigenvalue weighted by molar-refractivity contribution is 5.98. The fourth-order valence-corrected chi connectivity index (χ4v) is 3.36. The molecule has 1 aromatic rings. The number of likely N-dealkylation sites (tertiary alicyclic amines) is 1. The molecule has 7 nitrogen and oxygen atoms in total. The maximum absolute atomic E-state index is 12.5. The van der Waals surface area contributed by atoms with Gasteiger partial charge in [-0.25, -0.2) is 0 Å². The number of para-hydroxylation sites is 1. The third-order valence-corrected chi connectivity index (χ3v) is 5.36. The van der Waals surface area contributed by atoms with Gasteiger partial charge in [-0.15, -0.1) is 0 Å². The van der Waals surface area contributed by atoms with Gasteiger partial charge >= 0.3 is 0 Å². The van der Waals surface area contributed by atoms with Gasteiger partial charge < -0.3 is 20.3 Å². The number of hydrogen-bond acceptors (Lipinski definition) is 4. The summed E-state index contributed by atoms with van der Waals surface area (Å²) in [6.45, 7) is 6.27. The molecule has 0 saturated carbocycles. The second-order valence-electron chi connectivity index (χ2n) is 7.90. The van der Waals surface area contributed by atoms with Gasteiger partial charge in [0.15, 0.2) is 5.72 Å². The summed E-state index contributed by atoms with van der Waals surface area (Å²) in [5.41, 5.74) is -0.719. The van der Waals surface area contributed by atoms with Gasteiger partial charge in [0, 0.05) is 31.3 Å². The first kappa shape index (κ1) is 19.2. The Bertz CT molecular complexity index is 761.